The lowest BCUT2D eigenvalue weighted by molar-refractivity contribution is 0.0695. The Morgan fingerprint density at radius 2 is 1.93 bits per heavy atom. The molecule has 1 aromatic rings. The van der Waals surface area contributed by atoms with Gasteiger partial charge in [0.1, 0.15) is 0 Å². The molecule has 0 aromatic heterocycles. The number of hydrogen-bond donors (Lipinski definition) is 3. The first kappa shape index (κ1) is 10.7. The minimum atomic E-state index is -0.975. The molecular formula is C10H14N2O2. The molecule has 14 heavy (non-hydrogen) atoms. The van der Waals surface area contributed by atoms with E-state index >= 15 is 0 Å². The van der Waals surface area contributed by atoms with Crippen LogP contribution in [0.25, 0.3) is 0 Å². The van der Waals surface area contributed by atoms with Crippen LogP contribution in [0.5, 0.6) is 0 Å². The van der Waals surface area contributed by atoms with Gasteiger partial charge in [-0.15, -0.1) is 0 Å². The van der Waals surface area contributed by atoms with Crippen LogP contribution in [0.15, 0.2) is 24.3 Å². The zero-order chi connectivity index (χ0) is 10.7. The van der Waals surface area contributed by atoms with E-state index in [4.69, 9.17) is 16.6 Å². The van der Waals surface area contributed by atoms with Gasteiger partial charge < -0.3 is 16.6 Å². The average molecular weight is 194 g/mol. The SMILES string of the molecule is C[C@H](N)[C@@H](N)c1ccccc1C(=O)O. The number of carbonyl (C=O) groups is 1. The molecule has 0 aliphatic carbocycles. The van der Waals surface area contributed by atoms with Gasteiger partial charge in [0.2, 0.25) is 0 Å². The minimum Gasteiger partial charge on any atom is -0.478 e. The summed E-state index contributed by atoms with van der Waals surface area (Å²) in [6.07, 6.45) is 0. The maximum Gasteiger partial charge on any atom is 0.336 e. The van der Waals surface area contributed by atoms with Crippen LogP contribution < -0.4 is 11.5 Å². The fraction of sp³-hybridized carbons (Fsp3) is 0.300. The average Bonchev–Trinajstić information content (AvgIpc) is 2.16. The van der Waals surface area contributed by atoms with Crippen LogP contribution in [0.3, 0.4) is 0 Å². The molecule has 2 atom stereocenters. The van der Waals surface area contributed by atoms with Gasteiger partial charge in [0.15, 0.2) is 0 Å². The molecule has 0 aliphatic rings. The Balaban J connectivity index is 3.13. The van der Waals surface area contributed by atoms with Gasteiger partial charge in [-0.05, 0) is 18.6 Å². The molecule has 0 aliphatic heterocycles. The van der Waals surface area contributed by atoms with Gasteiger partial charge in [0, 0.05) is 12.1 Å². The second-order valence-corrected chi connectivity index (χ2v) is 3.28. The molecule has 76 valence electrons. The van der Waals surface area contributed by atoms with Crippen LogP contribution in [0.1, 0.15) is 28.9 Å². The number of rotatable bonds is 3. The zero-order valence-corrected chi connectivity index (χ0v) is 7.97. The molecule has 5 N–H and O–H groups in total. The molecule has 0 saturated carbocycles. The summed E-state index contributed by atoms with van der Waals surface area (Å²) in [6.45, 7) is 1.75. The van der Waals surface area contributed by atoms with Gasteiger partial charge in [-0.25, -0.2) is 4.79 Å². The van der Waals surface area contributed by atoms with E-state index in [0.717, 1.165) is 0 Å². The molecule has 0 heterocycles. The maximum atomic E-state index is 10.9. The molecule has 0 saturated heterocycles. The Morgan fingerprint density at radius 3 is 2.43 bits per heavy atom. The number of aromatic carboxylic acids is 1. The van der Waals surface area contributed by atoms with Crippen LogP contribution in [0, 0.1) is 0 Å². The van der Waals surface area contributed by atoms with Crippen LogP contribution >= 0.6 is 0 Å². The monoisotopic (exact) mass is 194 g/mol. The third-order valence-corrected chi connectivity index (χ3v) is 2.12. The van der Waals surface area contributed by atoms with E-state index in [-0.39, 0.29) is 11.6 Å². The molecule has 4 nitrogen and oxygen atoms in total. The molecule has 0 fully saturated rings. The van der Waals surface area contributed by atoms with Crippen LogP contribution in [0.4, 0.5) is 0 Å². The number of carboxylic acid groups (broad SMARTS) is 1. The van der Waals surface area contributed by atoms with E-state index in [2.05, 4.69) is 0 Å². The predicted molar refractivity (Wildman–Crippen MR) is 54.0 cm³/mol. The maximum absolute atomic E-state index is 10.9. The largest absolute Gasteiger partial charge is 0.478 e. The molecule has 0 spiro atoms. The summed E-state index contributed by atoms with van der Waals surface area (Å²) in [6, 6.07) is 5.93. The van der Waals surface area contributed by atoms with Gasteiger partial charge in [-0.1, -0.05) is 18.2 Å². The van der Waals surface area contributed by atoms with E-state index in [0.29, 0.717) is 5.56 Å². The van der Waals surface area contributed by atoms with Gasteiger partial charge in [-0.3, -0.25) is 0 Å². The lowest BCUT2D eigenvalue weighted by Crippen LogP contribution is -2.32. The van der Waals surface area contributed by atoms with Crippen molar-refractivity contribution in [2.45, 2.75) is 19.0 Å². The van der Waals surface area contributed by atoms with Crippen molar-refractivity contribution in [1.29, 1.82) is 0 Å². The number of carboxylic acids is 1. The Labute approximate surface area is 82.5 Å². The van der Waals surface area contributed by atoms with Crippen LogP contribution in [-0.4, -0.2) is 17.1 Å². The summed E-state index contributed by atoms with van der Waals surface area (Å²) in [5.74, 6) is -0.975. The van der Waals surface area contributed by atoms with E-state index in [1.165, 1.54) is 6.07 Å². The number of hydrogen-bond acceptors (Lipinski definition) is 3. The molecule has 0 amide bonds. The molecule has 0 bridgehead atoms. The highest BCUT2D eigenvalue weighted by atomic mass is 16.4. The molecule has 4 heteroatoms. The molecular weight excluding hydrogens is 180 g/mol. The first-order chi connectivity index (χ1) is 6.54. The van der Waals surface area contributed by atoms with E-state index in [9.17, 15) is 4.79 Å². The first-order valence-electron chi connectivity index (χ1n) is 4.37. The summed E-state index contributed by atoms with van der Waals surface area (Å²) in [7, 11) is 0. The van der Waals surface area contributed by atoms with Crippen molar-refractivity contribution in [3.63, 3.8) is 0 Å². The smallest absolute Gasteiger partial charge is 0.336 e. The fourth-order valence-corrected chi connectivity index (χ4v) is 1.27. The molecule has 1 rings (SSSR count). The van der Waals surface area contributed by atoms with Crippen molar-refractivity contribution in [1.82, 2.24) is 0 Å². The molecule has 1 aromatic carbocycles. The Bertz CT molecular complexity index is 337. The van der Waals surface area contributed by atoms with Crippen molar-refractivity contribution in [2.75, 3.05) is 0 Å². The Kier molecular flexibility index (Phi) is 3.22. The summed E-state index contributed by atoms with van der Waals surface area (Å²) < 4.78 is 0. The zero-order valence-electron chi connectivity index (χ0n) is 7.97. The fourth-order valence-electron chi connectivity index (χ4n) is 1.27. The second-order valence-electron chi connectivity index (χ2n) is 3.28. The summed E-state index contributed by atoms with van der Waals surface area (Å²) >= 11 is 0. The minimum absolute atomic E-state index is 0.220. The van der Waals surface area contributed by atoms with Crippen LogP contribution in [0.2, 0.25) is 0 Å². The lowest BCUT2D eigenvalue weighted by Gasteiger charge is -2.17. The summed E-state index contributed by atoms with van der Waals surface area (Å²) in [5.41, 5.74) is 12.2. The quantitative estimate of drug-likeness (QED) is 0.661. The van der Waals surface area contributed by atoms with E-state index < -0.39 is 12.0 Å². The third kappa shape index (κ3) is 2.10. The van der Waals surface area contributed by atoms with Gasteiger partial charge in [0.25, 0.3) is 0 Å². The van der Waals surface area contributed by atoms with Gasteiger partial charge >= 0.3 is 5.97 Å². The third-order valence-electron chi connectivity index (χ3n) is 2.12. The highest BCUT2D eigenvalue weighted by Gasteiger charge is 2.17. The van der Waals surface area contributed by atoms with Crippen molar-refractivity contribution in [3.8, 4) is 0 Å². The molecule has 0 unspecified atom stereocenters. The van der Waals surface area contributed by atoms with E-state index in [1.54, 1.807) is 25.1 Å². The first-order valence-corrected chi connectivity index (χ1v) is 4.37. The van der Waals surface area contributed by atoms with Crippen molar-refractivity contribution >= 4 is 5.97 Å². The summed E-state index contributed by atoms with van der Waals surface area (Å²) in [5, 5.41) is 8.90. The Hall–Kier alpha value is -1.39. The summed E-state index contributed by atoms with van der Waals surface area (Å²) in [4.78, 5) is 10.9. The number of nitrogens with two attached hydrogens (primary N) is 2. The van der Waals surface area contributed by atoms with Crippen LogP contribution in [-0.2, 0) is 0 Å². The standard InChI is InChI=1S/C10H14N2O2/c1-6(11)9(12)7-4-2-3-5-8(7)10(13)14/h2-6,9H,11-12H2,1H3,(H,13,14)/t6-,9+/m0/s1. The van der Waals surface area contributed by atoms with Crippen molar-refractivity contribution in [3.05, 3.63) is 35.4 Å². The number of benzene rings is 1. The predicted octanol–water partition coefficient (Wildman–Crippen LogP) is 0.732. The highest BCUT2D eigenvalue weighted by molar-refractivity contribution is 5.89. The van der Waals surface area contributed by atoms with Gasteiger partial charge in [0.05, 0.1) is 5.56 Å². The van der Waals surface area contributed by atoms with Gasteiger partial charge in [-0.2, -0.15) is 0 Å². The Morgan fingerprint density at radius 1 is 1.36 bits per heavy atom. The highest BCUT2D eigenvalue weighted by Crippen LogP contribution is 2.17. The lowest BCUT2D eigenvalue weighted by atomic mass is 9.97. The topological polar surface area (TPSA) is 89.3 Å². The van der Waals surface area contributed by atoms with Crippen molar-refractivity contribution in [2.24, 2.45) is 11.5 Å². The van der Waals surface area contributed by atoms with Crippen molar-refractivity contribution < 1.29 is 9.90 Å². The normalized spacial score (nSPS) is 14.8. The van der Waals surface area contributed by atoms with E-state index in [1.807, 2.05) is 0 Å². The molecule has 0 radical (unpaired) electrons. The second kappa shape index (κ2) is 4.21.